The van der Waals surface area contributed by atoms with E-state index in [1.54, 1.807) is 12.1 Å². The monoisotopic (exact) mass is 317 g/mol. The average molecular weight is 318 g/mol. The molecule has 0 aliphatic carbocycles. The molecule has 0 saturated heterocycles. The minimum absolute atomic E-state index is 0.0995. The summed E-state index contributed by atoms with van der Waals surface area (Å²) in [6.45, 7) is 0.269. The number of aromatic nitrogens is 3. The summed E-state index contributed by atoms with van der Waals surface area (Å²) in [6.07, 6.45) is 2.89. The number of pyridine rings is 1. The molecule has 6 nitrogen and oxygen atoms in total. The molecule has 2 heterocycles. The Labute approximate surface area is 130 Å². The fourth-order valence-electron chi connectivity index (χ4n) is 2.22. The van der Waals surface area contributed by atoms with Crippen LogP contribution in [0.5, 0.6) is 11.5 Å². The van der Waals surface area contributed by atoms with Gasteiger partial charge in [0.2, 0.25) is 0 Å². The largest absolute Gasteiger partial charge is 0.508 e. The molecule has 2 aromatic heterocycles. The Balaban J connectivity index is 2.09. The van der Waals surface area contributed by atoms with Crippen molar-refractivity contribution in [1.29, 1.82) is 0 Å². The van der Waals surface area contributed by atoms with Gasteiger partial charge < -0.3 is 9.84 Å². The first-order chi connectivity index (χ1) is 10.6. The molecule has 3 rings (SSSR count). The molecule has 22 heavy (non-hydrogen) atoms. The van der Waals surface area contributed by atoms with Crippen LogP contribution in [-0.2, 0) is 6.54 Å². The third-order valence-electron chi connectivity index (χ3n) is 3.31. The second-order valence-corrected chi connectivity index (χ2v) is 5.03. The topological polar surface area (TPSA) is 77.2 Å². The summed E-state index contributed by atoms with van der Waals surface area (Å²) in [4.78, 5) is 20.6. The lowest BCUT2D eigenvalue weighted by atomic mass is 10.2. The number of benzene rings is 1. The minimum atomic E-state index is -0.218. The van der Waals surface area contributed by atoms with Crippen LogP contribution in [0.3, 0.4) is 0 Å². The fraction of sp³-hybridized carbons (Fsp3) is 0.133. The Morgan fingerprint density at radius 3 is 2.91 bits per heavy atom. The van der Waals surface area contributed by atoms with Crippen molar-refractivity contribution in [2.24, 2.45) is 0 Å². The van der Waals surface area contributed by atoms with Crippen molar-refractivity contribution < 1.29 is 9.84 Å². The molecule has 0 fully saturated rings. The Hall–Kier alpha value is -2.60. The van der Waals surface area contributed by atoms with Crippen LogP contribution in [0.4, 0.5) is 0 Å². The van der Waals surface area contributed by atoms with Gasteiger partial charge in [0.05, 0.1) is 25.4 Å². The van der Waals surface area contributed by atoms with Crippen molar-refractivity contribution in [2.45, 2.75) is 6.54 Å². The van der Waals surface area contributed by atoms with Crippen LogP contribution >= 0.6 is 11.6 Å². The van der Waals surface area contributed by atoms with Gasteiger partial charge in [0.25, 0.3) is 5.56 Å². The van der Waals surface area contributed by atoms with Gasteiger partial charge in [0.15, 0.2) is 5.15 Å². The Morgan fingerprint density at radius 2 is 2.14 bits per heavy atom. The molecule has 3 aromatic rings. The molecule has 0 spiro atoms. The van der Waals surface area contributed by atoms with Gasteiger partial charge in [-0.2, -0.15) is 0 Å². The quantitative estimate of drug-likeness (QED) is 0.749. The molecule has 7 heteroatoms. The SMILES string of the molecule is COc1cc(O)ccc1Cn1cnc2c(Cl)nccc2c1=O. The minimum Gasteiger partial charge on any atom is -0.508 e. The highest BCUT2D eigenvalue weighted by atomic mass is 35.5. The normalized spacial score (nSPS) is 10.8. The summed E-state index contributed by atoms with van der Waals surface area (Å²) < 4.78 is 6.67. The Kier molecular flexibility index (Phi) is 3.68. The molecule has 112 valence electrons. The average Bonchev–Trinajstić information content (AvgIpc) is 2.52. The molecule has 0 radical (unpaired) electrons. The zero-order chi connectivity index (χ0) is 15.7. The predicted molar refractivity (Wildman–Crippen MR) is 82.6 cm³/mol. The lowest BCUT2D eigenvalue weighted by molar-refractivity contribution is 0.401. The summed E-state index contributed by atoms with van der Waals surface area (Å²) in [5.74, 6) is 0.599. The van der Waals surface area contributed by atoms with Crippen LogP contribution < -0.4 is 10.3 Å². The number of halogens is 1. The third kappa shape index (κ3) is 2.48. The van der Waals surface area contributed by atoms with Crippen LogP contribution in [0.15, 0.2) is 41.6 Å². The first-order valence-electron chi connectivity index (χ1n) is 6.45. The fourth-order valence-corrected chi connectivity index (χ4v) is 2.43. The summed E-state index contributed by atoms with van der Waals surface area (Å²) in [5, 5.41) is 10.1. The van der Waals surface area contributed by atoms with E-state index in [2.05, 4.69) is 9.97 Å². The van der Waals surface area contributed by atoms with Crippen molar-refractivity contribution in [3.05, 3.63) is 57.9 Å². The predicted octanol–water partition coefficient (Wildman–Crippen LogP) is 2.21. The van der Waals surface area contributed by atoms with Crippen LogP contribution in [0.2, 0.25) is 5.15 Å². The number of hydrogen-bond donors (Lipinski definition) is 1. The van der Waals surface area contributed by atoms with Crippen molar-refractivity contribution in [3.8, 4) is 11.5 Å². The third-order valence-corrected chi connectivity index (χ3v) is 3.59. The van der Waals surface area contributed by atoms with E-state index in [1.807, 2.05) is 0 Å². The van der Waals surface area contributed by atoms with E-state index in [0.29, 0.717) is 16.7 Å². The summed E-state index contributed by atoms with van der Waals surface area (Å²) in [5.41, 5.74) is 0.913. The van der Waals surface area contributed by atoms with E-state index in [0.717, 1.165) is 5.56 Å². The lowest BCUT2D eigenvalue weighted by Crippen LogP contribution is -2.21. The van der Waals surface area contributed by atoms with E-state index >= 15 is 0 Å². The van der Waals surface area contributed by atoms with Crippen molar-refractivity contribution in [3.63, 3.8) is 0 Å². The number of hydrogen-bond acceptors (Lipinski definition) is 5. The smallest absolute Gasteiger partial charge is 0.261 e. The highest BCUT2D eigenvalue weighted by molar-refractivity contribution is 6.33. The van der Waals surface area contributed by atoms with Crippen LogP contribution in [0.25, 0.3) is 10.9 Å². The molecule has 0 atom stereocenters. The number of phenols is 1. The second-order valence-electron chi connectivity index (χ2n) is 4.67. The Bertz CT molecular complexity index is 908. The molecule has 0 bridgehead atoms. The number of methoxy groups -OCH3 is 1. The number of nitrogens with zero attached hydrogens (tertiary/aromatic N) is 3. The molecule has 1 N–H and O–H groups in total. The van der Waals surface area contributed by atoms with Crippen LogP contribution in [0, 0.1) is 0 Å². The van der Waals surface area contributed by atoms with E-state index in [-0.39, 0.29) is 23.0 Å². The second kappa shape index (κ2) is 5.65. The number of aromatic hydroxyl groups is 1. The first-order valence-corrected chi connectivity index (χ1v) is 6.83. The van der Waals surface area contributed by atoms with Gasteiger partial charge in [-0.15, -0.1) is 0 Å². The van der Waals surface area contributed by atoms with Gasteiger partial charge in [-0.1, -0.05) is 11.6 Å². The van der Waals surface area contributed by atoms with Gasteiger partial charge in [-0.05, 0) is 18.2 Å². The molecule has 0 unspecified atom stereocenters. The van der Waals surface area contributed by atoms with Gasteiger partial charge in [-0.3, -0.25) is 9.36 Å². The van der Waals surface area contributed by atoms with Crippen LogP contribution in [-0.4, -0.2) is 26.8 Å². The number of fused-ring (bicyclic) bond motifs is 1. The summed E-state index contributed by atoms with van der Waals surface area (Å²) in [7, 11) is 1.51. The van der Waals surface area contributed by atoms with Gasteiger partial charge in [-0.25, -0.2) is 9.97 Å². The highest BCUT2D eigenvalue weighted by Gasteiger charge is 2.10. The van der Waals surface area contributed by atoms with Crippen molar-refractivity contribution >= 4 is 22.5 Å². The van der Waals surface area contributed by atoms with Crippen molar-refractivity contribution in [2.75, 3.05) is 7.11 Å². The zero-order valence-corrected chi connectivity index (χ0v) is 12.4. The number of phenolic OH excluding ortho intramolecular Hbond substituents is 1. The number of ether oxygens (including phenoxy) is 1. The molecule has 0 aliphatic rings. The van der Waals surface area contributed by atoms with E-state index in [1.165, 1.54) is 36.3 Å². The van der Waals surface area contributed by atoms with E-state index in [4.69, 9.17) is 16.3 Å². The molecular formula is C15H12ClN3O3. The zero-order valence-electron chi connectivity index (χ0n) is 11.7. The Morgan fingerprint density at radius 1 is 1.32 bits per heavy atom. The maximum absolute atomic E-state index is 12.5. The summed E-state index contributed by atoms with van der Waals surface area (Å²) >= 11 is 5.94. The van der Waals surface area contributed by atoms with Crippen LogP contribution in [0.1, 0.15) is 5.56 Å². The molecule has 0 saturated carbocycles. The number of rotatable bonds is 3. The van der Waals surface area contributed by atoms with Gasteiger partial charge >= 0.3 is 0 Å². The first kappa shape index (κ1) is 14.3. The molecule has 1 aromatic carbocycles. The molecule has 0 amide bonds. The van der Waals surface area contributed by atoms with Gasteiger partial charge in [0, 0.05) is 17.8 Å². The van der Waals surface area contributed by atoms with Gasteiger partial charge in [0.1, 0.15) is 17.0 Å². The summed E-state index contributed by atoms with van der Waals surface area (Å²) in [6, 6.07) is 6.32. The molecular weight excluding hydrogens is 306 g/mol. The molecule has 0 aliphatic heterocycles. The lowest BCUT2D eigenvalue weighted by Gasteiger charge is -2.11. The highest BCUT2D eigenvalue weighted by Crippen LogP contribution is 2.24. The van der Waals surface area contributed by atoms with Crippen molar-refractivity contribution in [1.82, 2.24) is 14.5 Å². The maximum atomic E-state index is 12.5. The van der Waals surface area contributed by atoms with E-state index in [9.17, 15) is 9.90 Å². The maximum Gasteiger partial charge on any atom is 0.261 e. The van der Waals surface area contributed by atoms with E-state index < -0.39 is 0 Å². The standard InChI is InChI=1S/C15H12ClN3O3/c1-22-12-6-10(20)3-2-9(12)7-19-8-18-13-11(15(19)21)4-5-17-14(13)16/h2-6,8,20H,7H2,1H3.